The van der Waals surface area contributed by atoms with E-state index in [0.717, 1.165) is 56.4 Å². The van der Waals surface area contributed by atoms with Gasteiger partial charge < -0.3 is 9.30 Å². The third kappa shape index (κ3) is 5.85. The minimum Gasteiger partial charge on any atom is -0.466 e. The van der Waals surface area contributed by atoms with Crippen LogP contribution in [0.1, 0.15) is 73.8 Å². The monoisotopic (exact) mass is 506 g/mol. The van der Waals surface area contributed by atoms with Gasteiger partial charge in [0.2, 0.25) is 5.95 Å². The number of fused-ring (bicyclic) bond motifs is 1. The lowest BCUT2D eigenvalue weighted by molar-refractivity contribution is -0.149. The van der Waals surface area contributed by atoms with Crippen molar-refractivity contribution in [2.45, 2.75) is 64.5 Å². The Morgan fingerprint density at radius 3 is 2.46 bits per heavy atom. The van der Waals surface area contributed by atoms with Gasteiger partial charge in [-0.25, -0.2) is 9.37 Å². The van der Waals surface area contributed by atoms with Crippen molar-refractivity contribution in [3.8, 4) is 0 Å². The van der Waals surface area contributed by atoms with Crippen LogP contribution in [0.4, 0.5) is 10.3 Å². The van der Waals surface area contributed by atoms with Gasteiger partial charge in [-0.05, 0) is 100 Å². The fourth-order valence-electron chi connectivity index (χ4n) is 5.68. The lowest BCUT2D eigenvalue weighted by Gasteiger charge is -2.30. The molecule has 0 radical (unpaired) electrons. The van der Waals surface area contributed by atoms with Crippen molar-refractivity contribution in [3.63, 3.8) is 0 Å². The molecule has 1 amide bonds. The molecule has 1 saturated heterocycles. The van der Waals surface area contributed by atoms with E-state index in [1.807, 2.05) is 13.0 Å². The lowest BCUT2D eigenvalue weighted by atomic mass is 9.86. The number of ether oxygens (including phenoxy) is 1. The Morgan fingerprint density at radius 1 is 1.03 bits per heavy atom. The maximum atomic E-state index is 13.4. The van der Waals surface area contributed by atoms with Crippen LogP contribution in [0.3, 0.4) is 0 Å². The molecule has 2 aromatic carbocycles. The number of carbonyl (C=O) groups excluding carboxylic acids is 2. The van der Waals surface area contributed by atoms with E-state index >= 15 is 0 Å². The third-order valence-corrected chi connectivity index (χ3v) is 7.62. The smallest absolute Gasteiger partial charge is 0.308 e. The molecule has 2 heterocycles. The van der Waals surface area contributed by atoms with Crippen LogP contribution >= 0.6 is 0 Å². The van der Waals surface area contributed by atoms with Gasteiger partial charge in [0.05, 0.1) is 23.6 Å². The SMILES string of the molecule is CCOC(=O)C1CCC(n2c(NC(=O)c3ccc(F)cc3)nc3ccc(CN4CCCCC4)cc32)CC1. The Hall–Kier alpha value is -3.26. The van der Waals surface area contributed by atoms with Crippen molar-refractivity contribution in [2.24, 2.45) is 5.92 Å². The zero-order valence-corrected chi connectivity index (χ0v) is 21.4. The summed E-state index contributed by atoms with van der Waals surface area (Å²) in [5.41, 5.74) is 3.41. The van der Waals surface area contributed by atoms with Gasteiger partial charge in [0, 0.05) is 18.2 Å². The number of likely N-dealkylation sites (tertiary alicyclic amines) is 1. The van der Waals surface area contributed by atoms with Crippen LogP contribution in [0.25, 0.3) is 11.0 Å². The fourth-order valence-corrected chi connectivity index (χ4v) is 5.68. The van der Waals surface area contributed by atoms with Crippen LogP contribution in [0.5, 0.6) is 0 Å². The van der Waals surface area contributed by atoms with E-state index in [4.69, 9.17) is 9.72 Å². The molecule has 1 aromatic heterocycles. The number of piperidine rings is 1. The molecule has 2 fully saturated rings. The lowest BCUT2D eigenvalue weighted by Crippen LogP contribution is -2.29. The van der Waals surface area contributed by atoms with Crippen molar-refractivity contribution in [3.05, 3.63) is 59.4 Å². The van der Waals surface area contributed by atoms with Crippen LogP contribution in [-0.4, -0.2) is 46.0 Å². The number of hydrogen-bond acceptors (Lipinski definition) is 5. The van der Waals surface area contributed by atoms with Gasteiger partial charge in [-0.15, -0.1) is 0 Å². The first-order chi connectivity index (χ1) is 18.0. The quantitative estimate of drug-likeness (QED) is 0.416. The molecule has 1 N–H and O–H groups in total. The summed E-state index contributed by atoms with van der Waals surface area (Å²) in [6.07, 6.45) is 6.85. The summed E-state index contributed by atoms with van der Waals surface area (Å²) in [4.78, 5) is 32.6. The van der Waals surface area contributed by atoms with Gasteiger partial charge in [-0.1, -0.05) is 12.5 Å². The molecule has 1 aliphatic heterocycles. The Labute approximate surface area is 217 Å². The Balaban J connectivity index is 1.44. The second-order valence-electron chi connectivity index (χ2n) is 10.2. The highest BCUT2D eigenvalue weighted by Gasteiger charge is 2.30. The van der Waals surface area contributed by atoms with E-state index in [0.29, 0.717) is 18.1 Å². The summed E-state index contributed by atoms with van der Waals surface area (Å²) in [6, 6.07) is 12.0. The predicted octanol–water partition coefficient (Wildman–Crippen LogP) is 5.71. The normalized spacial score (nSPS) is 20.6. The Kier molecular flexibility index (Phi) is 7.84. The third-order valence-electron chi connectivity index (χ3n) is 7.62. The van der Waals surface area contributed by atoms with Crippen molar-refractivity contribution >= 4 is 28.9 Å². The molecule has 8 heteroatoms. The minimum atomic E-state index is -0.386. The van der Waals surface area contributed by atoms with Crippen LogP contribution in [0, 0.1) is 11.7 Å². The van der Waals surface area contributed by atoms with Gasteiger partial charge in [0.25, 0.3) is 5.91 Å². The molecule has 0 bridgehead atoms. The Bertz CT molecular complexity index is 1240. The van der Waals surface area contributed by atoms with Crippen LogP contribution in [-0.2, 0) is 16.1 Å². The van der Waals surface area contributed by atoms with E-state index in [1.54, 1.807) is 0 Å². The topological polar surface area (TPSA) is 76.5 Å². The highest BCUT2D eigenvalue weighted by molar-refractivity contribution is 6.04. The van der Waals surface area contributed by atoms with Crippen molar-refractivity contribution in [2.75, 3.05) is 25.0 Å². The zero-order chi connectivity index (χ0) is 25.8. The summed E-state index contributed by atoms with van der Waals surface area (Å²) in [5, 5.41) is 2.98. The first-order valence-electron chi connectivity index (χ1n) is 13.5. The molecule has 0 spiro atoms. The number of halogens is 1. The van der Waals surface area contributed by atoms with Crippen LogP contribution in [0.15, 0.2) is 42.5 Å². The largest absolute Gasteiger partial charge is 0.466 e. The molecule has 1 aliphatic carbocycles. The molecule has 1 saturated carbocycles. The number of nitrogens with zero attached hydrogens (tertiary/aromatic N) is 3. The molecule has 37 heavy (non-hydrogen) atoms. The van der Waals surface area contributed by atoms with Gasteiger partial charge in [0.15, 0.2) is 0 Å². The van der Waals surface area contributed by atoms with Gasteiger partial charge in [0.1, 0.15) is 5.82 Å². The maximum Gasteiger partial charge on any atom is 0.308 e. The second kappa shape index (κ2) is 11.4. The first-order valence-corrected chi connectivity index (χ1v) is 13.5. The van der Waals surface area contributed by atoms with Crippen molar-refractivity contribution in [1.29, 1.82) is 0 Å². The Morgan fingerprint density at radius 2 is 1.76 bits per heavy atom. The number of nitrogens with one attached hydrogen (secondary N) is 1. The van der Waals surface area contributed by atoms with E-state index < -0.39 is 0 Å². The number of carbonyl (C=O) groups is 2. The van der Waals surface area contributed by atoms with E-state index in [-0.39, 0.29) is 29.7 Å². The zero-order valence-electron chi connectivity index (χ0n) is 21.4. The molecule has 0 unspecified atom stereocenters. The number of esters is 1. The average Bonchev–Trinajstić information content (AvgIpc) is 3.27. The van der Waals surface area contributed by atoms with Crippen LogP contribution < -0.4 is 5.32 Å². The molecule has 0 atom stereocenters. The molecule has 7 nitrogen and oxygen atoms in total. The van der Waals surface area contributed by atoms with E-state index in [2.05, 4.69) is 26.9 Å². The predicted molar refractivity (Wildman–Crippen MR) is 141 cm³/mol. The van der Waals surface area contributed by atoms with Gasteiger partial charge >= 0.3 is 5.97 Å². The fraction of sp³-hybridized carbons (Fsp3) is 0.483. The highest BCUT2D eigenvalue weighted by Crippen LogP contribution is 2.37. The molecule has 3 aromatic rings. The van der Waals surface area contributed by atoms with Gasteiger partial charge in [-0.2, -0.15) is 0 Å². The number of benzene rings is 2. The maximum absolute atomic E-state index is 13.4. The average molecular weight is 507 g/mol. The summed E-state index contributed by atoms with van der Waals surface area (Å²) in [6.45, 7) is 5.36. The van der Waals surface area contributed by atoms with Crippen molar-refractivity contribution < 1.29 is 18.7 Å². The summed E-state index contributed by atoms with van der Waals surface area (Å²) in [7, 11) is 0. The van der Waals surface area contributed by atoms with Gasteiger partial charge in [-0.3, -0.25) is 19.8 Å². The molecular weight excluding hydrogens is 471 g/mol. The number of hydrogen-bond donors (Lipinski definition) is 1. The molecule has 2 aliphatic rings. The molecular formula is C29H35FN4O3. The van der Waals surface area contributed by atoms with Crippen LogP contribution in [0.2, 0.25) is 0 Å². The standard InChI is InChI=1S/C29H35FN4O3/c1-2-37-28(36)22-9-13-24(14-10-22)34-26-18-20(19-33-16-4-3-5-17-33)6-15-25(26)31-29(34)32-27(35)21-7-11-23(30)12-8-21/h6-8,11-12,15,18,22,24H,2-5,9-10,13-14,16-17,19H2,1H3,(H,31,32,35). The number of imidazole rings is 1. The molecule has 5 rings (SSSR count). The summed E-state index contributed by atoms with van der Waals surface area (Å²) >= 11 is 0. The molecule has 196 valence electrons. The minimum absolute atomic E-state index is 0.0853. The van der Waals surface area contributed by atoms with E-state index in [1.165, 1.54) is 49.1 Å². The number of rotatable bonds is 7. The number of amides is 1. The first kappa shape index (κ1) is 25.4. The number of anilines is 1. The highest BCUT2D eigenvalue weighted by atomic mass is 19.1. The van der Waals surface area contributed by atoms with Crippen molar-refractivity contribution in [1.82, 2.24) is 14.5 Å². The summed E-state index contributed by atoms with van der Waals surface area (Å²) in [5.74, 6) is -0.435. The number of aromatic nitrogens is 2. The summed E-state index contributed by atoms with van der Waals surface area (Å²) < 4.78 is 20.8. The second-order valence-corrected chi connectivity index (χ2v) is 10.2. The van der Waals surface area contributed by atoms with E-state index in [9.17, 15) is 14.0 Å².